The fraction of sp³-hybridized carbons (Fsp3) is 0.500. The van der Waals surface area contributed by atoms with Gasteiger partial charge >= 0.3 is 5.97 Å². The highest BCUT2D eigenvalue weighted by Crippen LogP contribution is 2.48. The van der Waals surface area contributed by atoms with Crippen molar-refractivity contribution < 1.29 is 19.1 Å². The molecule has 1 unspecified atom stereocenters. The minimum atomic E-state index is -0.518. The van der Waals surface area contributed by atoms with Crippen LogP contribution in [0.15, 0.2) is 6.07 Å². The van der Waals surface area contributed by atoms with Crippen LogP contribution < -0.4 is 4.74 Å². The van der Waals surface area contributed by atoms with E-state index < -0.39 is 11.4 Å². The lowest BCUT2D eigenvalue weighted by Gasteiger charge is -2.26. The molecule has 0 aliphatic heterocycles. The number of methoxy groups -OCH3 is 1. The van der Waals surface area contributed by atoms with Crippen LogP contribution in [0.25, 0.3) is 0 Å². The minimum Gasteiger partial charge on any atom is -0.480 e. The first-order valence-electron chi connectivity index (χ1n) is 6.97. The third-order valence-electron chi connectivity index (χ3n) is 4.41. The lowest BCUT2D eigenvalue weighted by Crippen LogP contribution is -2.30. The topological polar surface area (TPSA) is 52.6 Å². The number of hydrogen-bond donors (Lipinski definition) is 0. The van der Waals surface area contributed by atoms with E-state index in [2.05, 4.69) is 4.74 Å². The molecule has 1 aromatic carbocycles. The Morgan fingerprint density at radius 1 is 1.36 bits per heavy atom. The Morgan fingerprint density at radius 2 is 2.00 bits per heavy atom. The van der Waals surface area contributed by atoms with Gasteiger partial charge in [0.05, 0.1) is 12.1 Å². The lowest BCUT2D eigenvalue weighted by molar-refractivity contribution is -0.142. The largest absolute Gasteiger partial charge is 0.480 e. The van der Waals surface area contributed by atoms with Crippen LogP contribution in [-0.2, 0) is 16.0 Å². The van der Waals surface area contributed by atoms with Gasteiger partial charge in [0.2, 0.25) is 0 Å². The van der Waals surface area contributed by atoms with Crippen molar-refractivity contribution in [1.29, 1.82) is 0 Å². The van der Waals surface area contributed by atoms with Crippen LogP contribution in [0.2, 0.25) is 10.0 Å². The molecule has 0 N–H and O–H groups in total. The van der Waals surface area contributed by atoms with Crippen LogP contribution in [-0.4, -0.2) is 25.5 Å². The molecule has 4 nitrogen and oxygen atoms in total. The average Bonchev–Trinajstić information content (AvgIpc) is 2.73. The first kappa shape index (κ1) is 17.1. The van der Waals surface area contributed by atoms with Crippen molar-refractivity contribution in [2.45, 2.75) is 27.2 Å². The van der Waals surface area contributed by atoms with Crippen molar-refractivity contribution in [3.8, 4) is 5.75 Å². The van der Waals surface area contributed by atoms with E-state index in [1.807, 2.05) is 20.8 Å². The van der Waals surface area contributed by atoms with Crippen LogP contribution in [0.5, 0.6) is 5.75 Å². The van der Waals surface area contributed by atoms with Crippen molar-refractivity contribution in [2.24, 2.45) is 11.3 Å². The Kier molecular flexibility index (Phi) is 4.73. The molecule has 0 amide bonds. The van der Waals surface area contributed by atoms with Gasteiger partial charge in [0.1, 0.15) is 10.8 Å². The number of fused-ring (bicyclic) bond motifs is 1. The SMILES string of the molecule is COC(=O)COc1cc2c(c(Cl)c1Cl)C(=O)C(C)(C(C)C)C2. The minimum absolute atomic E-state index is 0.00363. The summed E-state index contributed by atoms with van der Waals surface area (Å²) in [6, 6.07) is 1.69. The maximum absolute atomic E-state index is 12.7. The van der Waals surface area contributed by atoms with E-state index in [-0.39, 0.29) is 34.1 Å². The van der Waals surface area contributed by atoms with Gasteiger partial charge in [-0.15, -0.1) is 0 Å². The average molecular weight is 345 g/mol. The second kappa shape index (κ2) is 6.09. The van der Waals surface area contributed by atoms with Gasteiger partial charge in [0.15, 0.2) is 12.4 Å². The highest BCUT2D eigenvalue weighted by molar-refractivity contribution is 6.45. The molecule has 22 heavy (non-hydrogen) atoms. The molecule has 0 fully saturated rings. The van der Waals surface area contributed by atoms with E-state index in [1.165, 1.54) is 7.11 Å². The number of esters is 1. The molecule has 0 spiro atoms. The number of halogens is 2. The molecule has 1 aliphatic rings. The predicted molar refractivity (Wildman–Crippen MR) is 85.0 cm³/mol. The normalized spacial score (nSPS) is 20.2. The molecule has 1 aliphatic carbocycles. The van der Waals surface area contributed by atoms with Crippen LogP contribution in [0, 0.1) is 11.3 Å². The first-order valence-corrected chi connectivity index (χ1v) is 7.73. The maximum Gasteiger partial charge on any atom is 0.343 e. The predicted octanol–water partition coefficient (Wildman–Crippen LogP) is 3.95. The van der Waals surface area contributed by atoms with Gasteiger partial charge < -0.3 is 9.47 Å². The molecule has 0 aromatic heterocycles. The zero-order valence-electron chi connectivity index (χ0n) is 13.0. The summed E-state index contributed by atoms with van der Waals surface area (Å²) in [5, 5.41) is 0.332. The summed E-state index contributed by atoms with van der Waals surface area (Å²) in [4.78, 5) is 23.9. The van der Waals surface area contributed by atoms with Crippen LogP contribution in [0.3, 0.4) is 0 Å². The second-order valence-electron chi connectivity index (χ2n) is 5.98. The smallest absolute Gasteiger partial charge is 0.343 e. The van der Waals surface area contributed by atoms with Gasteiger partial charge in [0.25, 0.3) is 0 Å². The summed E-state index contributed by atoms with van der Waals surface area (Å²) in [5.74, 6) is -0.0574. The third-order valence-corrected chi connectivity index (χ3v) is 5.26. The van der Waals surface area contributed by atoms with E-state index in [0.29, 0.717) is 12.0 Å². The van der Waals surface area contributed by atoms with E-state index in [0.717, 1.165) is 5.56 Å². The number of ketones is 1. The van der Waals surface area contributed by atoms with Crippen molar-refractivity contribution in [1.82, 2.24) is 0 Å². The maximum atomic E-state index is 12.7. The van der Waals surface area contributed by atoms with Gasteiger partial charge in [-0.2, -0.15) is 0 Å². The van der Waals surface area contributed by atoms with Gasteiger partial charge in [0, 0.05) is 11.0 Å². The van der Waals surface area contributed by atoms with Crippen LogP contribution in [0.1, 0.15) is 36.7 Å². The van der Waals surface area contributed by atoms with Crippen LogP contribution >= 0.6 is 23.2 Å². The molecule has 6 heteroatoms. The number of Topliss-reactive ketones (excluding diaryl/α,β-unsaturated/α-hetero) is 1. The number of rotatable bonds is 4. The van der Waals surface area contributed by atoms with Crippen molar-refractivity contribution >= 4 is 35.0 Å². The van der Waals surface area contributed by atoms with Crippen molar-refractivity contribution in [3.05, 3.63) is 27.2 Å². The summed E-state index contributed by atoms with van der Waals surface area (Å²) >= 11 is 12.5. The molecule has 120 valence electrons. The lowest BCUT2D eigenvalue weighted by atomic mass is 9.76. The number of benzene rings is 1. The van der Waals surface area contributed by atoms with Gasteiger partial charge in [-0.1, -0.05) is 44.0 Å². The molecule has 0 radical (unpaired) electrons. The monoisotopic (exact) mass is 344 g/mol. The van der Waals surface area contributed by atoms with Crippen molar-refractivity contribution in [2.75, 3.05) is 13.7 Å². The second-order valence-corrected chi connectivity index (χ2v) is 6.74. The molecule has 2 rings (SSSR count). The molecule has 0 saturated carbocycles. The van der Waals surface area contributed by atoms with E-state index in [9.17, 15) is 9.59 Å². The zero-order chi connectivity index (χ0) is 16.7. The Bertz CT molecular complexity index is 640. The van der Waals surface area contributed by atoms with E-state index >= 15 is 0 Å². The number of carbonyl (C=O) groups excluding carboxylic acids is 2. The van der Waals surface area contributed by atoms with E-state index in [4.69, 9.17) is 27.9 Å². The fourth-order valence-electron chi connectivity index (χ4n) is 2.57. The number of carbonyl (C=O) groups is 2. The van der Waals surface area contributed by atoms with E-state index in [1.54, 1.807) is 6.07 Å². The first-order chi connectivity index (χ1) is 10.2. The Balaban J connectivity index is 2.41. The Labute approximate surface area is 139 Å². The summed E-state index contributed by atoms with van der Waals surface area (Å²) < 4.78 is 9.88. The Hall–Kier alpha value is -1.26. The van der Waals surface area contributed by atoms with Crippen molar-refractivity contribution in [3.63, 3.8) is 0 Å². The highest BCUT2D eigenvalue weighted by atomic mass is 35.5. The number of hydrogen-bond acceptors (Lipinski definition) is 4. The molecule has 0 heterocycles. The zero-order valence-corrected chi connectivity index (χ0v) is 14.5. The molecular weight excluding hydrogens is 327 g/mol. The summed E-state index contributed by atoms with van der Waals surface area (Å²) in [7, 11) is 1.27. The molecular formula is C16H18Cl2O4. The van der Waals surface area contributed by atoms with Gasteiger partial charge in [-0.05, 0) is 24.0 Å². The van der Waals surface area contributed by atoms with Gasteiger partial charge in [-0.3, -0.25) is 4.79 Å². The highest BCUT2D eigenvalue weighted by Gasteiger charge is 2.45. The van der Waals surface area contributed by atoms with Crippen LogP contribution in [0.4, 0.5) is 0 Å². The molecule has 1 atom stereocenters. The summed E-state index contributed by atoms with van der Waals surface area (Å²) in [6.45, 7) is 5.68. The summed E-state index contributed by atoms with van der Waals surface area (Å²) in [6.07, 6.45) is 0.574. The third kappa shape index (κ3) is 2.70. The molecule has 1 aromatic rings. The number of ether oxygens (including phenoxy) is 2. The molecule has 0 saturated heterocycles. The summed E-state index contributed by atoms with van der Waals surface area (Å²) in [5.41, 5.74) is 0.764. The molecule has 0 bridgehead atoms. The standard InChI is InChI=1S/C16H18Cl2O4/c1-8(2)16(3)6-9-5-10(22-7-11(19)21-4)13(17)14(18)12(9)15(16)20/h5,8H,6-7H2,1-4H3. The fourth-order valence-corrected chi connectivity index (χ4v) is 3.07. The Morgan fingerprint density at radius 3 is 2.55 bits per heavy atom. The van der Waals surface area contributed by atoms with Gasteiger partial charge in [-0.25, -0.2) is 4.79 Å². The quantitative estimate of drug-likeness (QED) is 0.776.